The Bertz CT molecular complexity index is 389. The maximum Gasteiger partial charge on any atom is 0.150 e. The van der Waals surface area contributed by atoms with Crippen LogP contribution in [-0.4, -0.2) is 10.3 Å². The molecule has 0 heterocycles. The lowest BCUT2D eigenvalue weighted by Crippen LogP contribution is -2.02. The van der Waals surface area contributed by atoms with Gasteiger partial charge in [-0.1, -0.05) is 31.9 Å². The molecule has 0 atom stereocenters. The summed E-state index contributed by atoms with van der Waals surface area (Å²) in [4.78, 5) is 0. The van der Waals surface area contributed by atoms with Gasteiger partial charge < -0.3 is 4.74 Å². The first-order valence-electron chi connectivity index (χ1n) is 4.28. The number of hydrogen-bond donors (Lipinski definition) is 0. The number of ether oxygens (including phenoxy) is 1. The Hall–Kier alpha value is 2.38. The fourth-order valence-electron chi connectivity index (χ4n) is 0.962. The van der Waals surface area contributed by atoms with Gasteiger partial charge in [0.05, 0.1) is 28.2 Å². The van der Waals surface area contributed by atoms with Crippen molar-refractivity contribution in [3.63, 3.8) is 0 Å². The fourth-order valence-corrected chi connectivity index (χ4v) is 4.57. The maximum atomic E-state index is 5.76. The Kier molecular flexibility index (Phi) is 8.18. The minimum absolute atomic E-state index is 0.259. The molecule has 0 aliphatic heterocycles. The van der Waals surface area contributed by atoms with Gasteiger partial charge in [-0.3, -0.25) is 0 Å². The van der Waals surface area contributed by atoms with Crippen LogP contribution in [0.4, 0.5) is 0 Å². The second-order valence-electron chi connectivity index (χ2n) is 2.93. The van der Waals surface area contributed by atoms with E-state index in [1.807, 2.05) is 0 Å². The lowest BCUT2D eigenvalue weighted by Gasteiger charge is -2.14. The van der Waals surface area contributed by atoms with Crippen LogP contribution in [0.5, 0.6) is 5.75 Å². The van der Waals surface area contributed by atoms with Gasteiger partial charge in [0.1, 0.15) is 5.75 Å². The second kappa shape index (κ2) is 7.98. The van der Waals surface area contributed by atoms with Crippen molar-refractivity contribution in [1.29, 1.82) is 0 Å². The van der Waals surface area contributed by atoms with E-state index in [4.69, 9.17) is 4.74 Å². The Morgan fingerprint density at radius 1 is 0.765 bits per heavy atom. The molecule has 0 N–H and O–H groups in total. The van der Waals surface area contributed by atoms with Crippen molar-refractivity contribution < 1.29 is 4.74 Å². The molecule has 0 spiro atoms. The predicted molar refractivity (Wildman–Crippen MR) is 96.7 cm³/mol. The summed E-state index contributed by atoms with van der Waals surface area (Å²) >= 11 is 24.3. The summed E-state index contributed by atoms with van der Waals surface area (Å²) in [7, 11) is 0. The smallest absolute Gasteiger partial charge is 0.150 e. The van der Waals surface area contributed by atoms with Gasteiger partial charge >= 0.3 is 0 Å². The van der Waals surface area contributed by atoms with Gasteiger partial charge in [-0.05, 0) is 79.6 Å². The van der Waals surface area contributed by atoms with Crippen LogP contribution in [0.25, 0.3) is 0 Å². The summed E-state index contributed by atoms with van der Waals surface area (Å²) < 4.78 is 10.5. The molecule has 8 heteroatoms. The van der Waals surface area contributed by atoms with Gasteiger partial charge in [0.2, 0.25) is 0 Å². The molecule has 1 aromatic rings. The number of alkyl halides is 2. The molecular weight excluding hydrogens is 683 g/mol. The van der Waals surface area contributed by atoms with Crippen molar-refractivity contribution in [3.8, 4) is 5.75 Å². The highest BCUT2D eigenvalue weighted by Gasteiger charge is 2.18. The number of benzene rings is 1. The van der Waals surface area contributed by atoms with Crippen molar-refractivity contribution >= 4 is 112 Å². The minimum Gasteiger partial charge on any atom is -0.491 e. The van der Waals surface area contributed by atoms with Crippen LogP contribution in [-0.2, 0) is 0 Å². The third-order valence-electron chi connectivity index (χ3n) is 1.75. The van der Waals surface area contributed by atoms with E-state index in [2.05, 4.69) is 112 Å². The molecule has 0 unspecified atom stereocenters. The van der Waals surface area contributed by atoms with Crippen molar-refractivity contribution in [3.05, 3.63) is 22.4 Å². The standard InChI is InChI=1S/C9H5Br7O/c10-3(11)1-2-17-9-7(15)5(13)4(12)6(14)8(9)16/h3H,1-2H2. The van der Waals surface area contributed by atoms with Crippen LogP contribution in [0.15, 0.2) is 22.4 Å². The molecule has 1 nitrogen and oxygen atoms in total. The molecule has 0 fully saturated rings. The van der Waals surface area contributed by atoms with Crippen molar-refractivity contribution in [1.82, 2.24) is 0 Å². The van der Waals surface area contributed by atoms with E-state index in [9.17, 15) is 0 Å². The molecule has 0 aliphatic carbocycles. The largest absolute Gasteiger partial charge is 0.491 e. The zero-order valence-corrected chi connectivity index (χ0v) is 19.1. The lowest BCUT2D eigenvalue weighted by molar-refractivity contribution is 0.313. The van der Waals surface area contributed by atoms with Crippen LogP contribution in [0, 0.1) is 0 Å². The Morgan fingerprint density at radius 2 is 1.18 bits per heavy atom. The Morgan fingerprint density at radius 3 is 1.59 bits per heavy atom. The SMILES string of the molecule is Brc1c(Br)c(Br)c(OCCC(Br)Br)c(Br)c1Br. The zero-order chi connectivity index (χ0) is 13.2. The van der Waals surface area contributed by atoms with Crippen molar-refractivity contribution in [2.24, 2.45) is 0 Å². The summed E-state index contributed by atoms with van der Waals surface area (Å²) in [5.41, 5.74) is 0. The Labute approximate surface area is 159 Å². The maximum absolute atomic E-state index is 5.76. The van der Waals surface area contributed by atoms with E-state index in [0.717, 1.165) is 34.5 Å². The molecule has 0 bridgehead atoms. The molecular formula is C9H5Br7O. The van der Waals surface area contributed by atoms with E-state index in [-0.39, 0.29) is 3.74 Å². The number of rotatable bonds is 4. The second-order valence-corrected chi connectivity index (χ2v) is 10.3. The molecule has 17 heavy (non-hydrogen) atoms. The quantitative estimate of drug-likeness (QED) is 0.182. The van der Waals surface area contributed by atoms with Crippen LogP contribution >= 0.6 is 112 Å². The average molecular weight is 688 g/mol. The zero-order valence-electron chi connectivity index (χ0n) is 8.05. The molecule has 0 radical (unpaired) electrons. The van der Waals surface area contributed by atoms with Crippen molar-refractivity contribution in [2.45, 2.75) is 10.2 Å². The molecule has 0 amide bonds. The molecule has 0 aromatic heterocycles. The monoisotopic (exact) mass is 681 g/mol. The lowest BCUT2D eigenvalue weighted by atomic mass is 10.3. The van der Waals surface area contributed by atoms with Gasteiger partial charge in [-0.2, -0.15) is 0 Å². The van der Waals surface area contributed by atoms with Gasteiger partial charge in [-0.15, -0.1) is 0 Å². The summed E-state index contributed by atoms with van der Waals surface area (Å²) in [6.45, 7) is 0.610. The highest BCUT2D eigenvalue weighted by molar-refractivity contribution is 9.24. The summed E-state index contributed by atoms with van der Waals surface area (Å²) in [5.74, 6) is 0.771. The average Bonchev–Trinajstić information content (AvgIpc) is 2.28. The first kappa shape index (κ1) is 17.4. The topological polar surface area (TPSA) is 9.23 Å². The molecule has 96 valence electrons. The summed E-state index contributed by atoms with van der Waals surface area (Å²) in [5, 5.41) is 0. The third kappa shape index (κ3) is 4.70. The highest BCUT2D eigenvalue weighted by Crippen LogP contribution is 2.48. The van der Waals surface area contributed by atoms with Gasteiger partial charge in [-0.25, -0.2) is 0 Å². The highest BCUT2D eigenvalue weighted by atomic mass is 79.9. The predicted octanol–water partition coefficient (Wildman–Crippen LogP) is 7.38. The molecule has 1 aromatic carbocycles. The van der Waals surface area contributed by atoms with Crippen LogP contribution in [0.2, 0.25) is 0 Å². The normalized spacial score (nSPS) is 11.1. The fraction of sp³-hybridized carbons (Fsp3) is 0.333. The third-order valence-corrected chi connectivity index (χ3v) is 8.69. The minimum atomic E-state index is 0.259. The summed E-state index contributed by atoms with van der Waals surface area (Å²) in [6.07, 6.45) is 0.865. The van der Waals surface area contributed by atoms with Gasteiger partial charge in [0, 0.05) is 10.9 Å². The van der Waals surface area contributed by atoms with Crippen LogP contribution in [0.3, 0.4) is 0 Å². The molecule has 0 saturated heterocycles. The first-order chi connectivity index (χ1) is 7.86. The van der Waals surface area contributed by atoms with Crippen LogP contribution in [0.1, 0.15) is 6.42 Å². The van der Waals surface area contributed by atoms with E-state index in [0.29, 0.717) is 6.61 Å². The summed E-state index contributed by atoms with van der Waals surface area (Å²) in [6, 6.07) is 0. The Balaban J connectivity index is 2.99. The molecule has 0 aliphatic rings. The van der Waals surface area contributed by atoms with E-state index in [1.165, 1.54) is 0 Å². The van der Waals surface area contributed by atoms with E-state index in [1.54, 1.807) is 0 Å². The van der Waals surface area contributed by atoms with Crippen molar-refractivity contribution in [2.75, 3.05) is 6.61 Å². The molecule has 0 saturated carbocycles. The van der Waals surface area contributed by atoms with Crippen LogP contribution < -0.4 is 4.74 Å². The van der Waals surface area contributed by atoms with E-state index >= 15 is 0 Å². The van der Waals surface area contributed by atoms with Gasteiger partial charge in [0.15, 0.2) is 0 Å². The first-order valence-corrected chi connectivity index (χ1v) is 10.1. The number of halogens is 7. The van der Waals surface area contributed by atoms with Gasteiger partial charge in [0.25, 0.3) is 0 Å². The molecule has 1 rings (SSSR count). The number of hydrogen-bond acceptors (Lipinski definition) is 1. The van der Waals surface area contributed by atoms with E-state index < -0.39 is 0 Å².